The molecule has 0 fully saturated rings. The van der Waals surface area contributed by atoms with E-state index in [2.05, 4.69) is 20.8 Å². The van der Waals surface area contributed by atoms with Crippen LogP contribution in [0.3, 0.4) is 0 Å². The highest BCUT2D eigenvalue weighted by molar-refractivity contribution is 6.30. The lowest BCUT2D eigenvalue weighted by atomic mass is 10.1. The van der Waals surface area contributed by atoms with Crippen molar-refractivity contribution in [3.8, 4) is 0 Å². The molecule has 0 aliphatic carbocycles. The van der Waals surface area contributed by atoms with Gasteiger partial charge in [-0.1, -0.05) is 23.7 Å². The van der Waals surface area contributed by atoms with Crippen molar-refractivity contribution < 1.29 is 9.59 Å². The van der Waals surface area contributed by atoms with Crippen molar-refractivity contribution in [2.45, 2.75) is 6.92 Å². The normalized spacial score (nSPS) is 11.0. The van der Waals surface area contributed by atoms with Crippen LogP contribution < -0.4 is 10.7 Å². The van der Waals surface area contributed by atoms with Gasteiger partial charge in [0.05, 0.1) is 11.3 Å². The molecule has 0 atom stereocenters. The van der Waals surface area contributed by atoms with E-state index in [4.69, 9.17) is 11.6 Å². The first kappa shape index (κ1) is 19.3. The number of carbonyl (C=O) groups is 2. The Morgan fingerprint density at radius 3 is 2.39 bits per heavy atom. The van der Waals surface area contributed by atoms with E-state index < -0.39 is 0 Å². The molecule has 2 N–H and O–H groups in total. The Labute approximate surface area is 167 Å². The van der Waals surface area contributed by atoms with Crippen LogP contribution in [0.5, 0.6) is 0 Å². The summed E-state index contributed by atoms with van der Waals surface area (Å²) >= 11 is 5.82. The summed E-state index contributed by atoms with van der Waals surface area (Å²) in [5.74, 6) is -0.590. The van der Waals surface area contributed by atoms with Crippen molar-refractivity contribution in [2.75, 3.05) is 5.32 Å². The van der Waals surface area contributed by atoms with Gasteiger partial charge in [-0.05, 0) is 61.0 Å². The van der Waals surface area contributed by atoms with Crippen molar-refractivity contribution >= 4 is 34.8 Å². The van der Waals surface area contributed by atoms with Gasteiger partial charge in [-0.25, -0.2) is 5.43 Å². The second kappa shape index (κ2) is 8.92. The maximum absolute atomic E-state index is 12.2. The van der Waals surface area contributed by atoms with E-state index in [0.29, 0.717) is 27.5 Å². The largest absolute Gasteiger partial charge is 0.322 e. The summed E-state index contributed by atoms with van der Waals surface area (Å²) in [6.07, 6.45) is 3.10. The van der Waals surface area contributed by atoms with Crippen molar-refractivity contribution in [1.82, 2.24) is 10.4 Å². The number of nitrogens with zero attached hydrogens (tertiary/aromatic N) is 2. The van der Waals surface area contributed by atoms with Crippen molar-refractivity contribution in [2.24, 2.45) is 5.10 Å². The number of hydrogen-bond acceptors (Lipinski definition) is 4. The van der Waals surface area contributed by atoms with E-state index in [1.54, 1.807) is 67.7 Å². The predicted molar refractivity (Wildman–Crippen MR) is 110 cm³/mol. The second-order valence-electron chi connectivity index (χ2n) is 5.92. The van der Waals surface area contributed by atoms with Crippen LogP contribution in [0, 0.1) is 0 Å². The van der Waals surface area contributed by atoms with Crippen LogP contribution in [-0.4, -0.2) is 22.5 Å². The molecule has 7 heteroatoms. The third-order valence-corrected chi connectivity index (χ3v) is 4.15. The Balaban J connectivity index is 1.68. The summed E-state index contributed by atoms with van der Waals surface area (Å²) < 4.78 is 0. The quantitative estimate of drug-likeness (QED) is 0.505. The molecule has 0 aliphatic heterocycles. The Kier molecular flexibility index (Phi) is 6.14. The van der Waals surface area contributed by atoms with Gasteiger partial charge >= 0.3 is 0 Å². The Morgan fingerprint density at radius 1 is 0.929 bits per heavy atom. The molecule has 1 heterocycles. The third-order valence-electron chi connectivity index (χ3n) is 3.89. The zero-order chi connectivity index (χ0) is 19.9. The lowest BCUT2D eigenvalue weighted by Crippen LogP contribution is -2.19. The number of nitrogens with one attached hydrogen (secondary N) is 2. The second-order valence-corrected chi connectivity index (χ2v) is 6.36. The van der Waals surface area contributed by atoms with Gasteiger partial charge in [-0.2, -0.15) is 5.10 Å². The molecule has 6 nitrogen and oxygen atoms in total. The highest BCUT2D eigenvalue weighted by atomic mass is 35.5. The van der Waals surface area contributed by atoms with Gasteiger partial charge in [-0.15, -0.1) is 0 Å². The smallest absolute Gasteiger partial charge is 0.271 e. The van der Waals surface area contributed by atoms with Crippen molar-refractivity contribution in [3.63, 3.8) is 0 Å². The number of hydrogen-bond donors (Lipinski definition) is 2. The van der Waals surface area contributed by atoms with Crippen molar-refractivity contribution in [1.29, 1.82) is 0 Å². The molecule has 140 valence electrons. The van der Waals surface area contributed by atoms with Crippen LogP contribution in [0.25, 0.3) is 0 Å². The van der Waals surface area contributed by atoms with Gasteiger partial charge in [0.15, 0.2) is 0 Å². The monoisotopic (exact) mass is 392 g/mol. The maximum Gasteiger partial charge on any atom is 0.271 e. The molecule has 0 radical (unpaired) electrons. The maximum atomic E-state index is 12.2. The molecule has 2 aromatic carbocycles. The molecule has 0 saturated carbocycles. The number of carbonyl (C=O) groups excluding carboxylic acids is 2. The average Bonchev–Trinajstić information content (AvgIpc) is 2.73. The molecule has 0 saturated heterocycles. The molecular formula is C21H17ClN4O2. The van der Waals surface area contributed by atoms with Gasteiger partial charge in [-0.3, -0.25) is 14.6 Å². The summed E-state index contributed by atoms with van der Waals surface area (Å²) in [4.78, 5) is 28.3. The first-order valence-corrected chi connectivity index (χ1v) is 8.83. The zero-order valence-electron chi connectivity index (χ0n) is 15.0. The minimum Gasteiger partial charge on any atom is -0.322 e. The molecular weight excluding hydrogens is 376 g/mol. The fourth-order valence-electron chi connectivity index (χ4n) is 2.39. The Hall–Kier alpha value is -3.51. The van der Waals surface area contributed by atoms with Crippen LogP contribution in [-0.2, 0) is 0 Å². The first-order valence-electron chi connectivity index (χ1n) is 8.45. The summed E-state index contributed by atoms with van der Waals surface area (Å²) in [5, 5.41) is 7.51. The number of halogens is 1. The van der Waals surface area contributed by atoms with Crippen LogP contribution in [0.1, 0.15) is 33.2 Å². The van der Waals surface area contributed by atoms with Gasteiger partial charge in [0.1, 0.15) is 0 Å². The molecule has 0 aliphatic rings. The Morgan fingerprint density at radius 2 is 1.68 bits per heavy atom. The highest BCUT2D eigenvalue weighted by Crippen LogP contribution is 2.13. The molecule has 3 aromatic rings. The summed E-state index contributed by atoms with van der Waals surface area (Å²) in [5.41, 5.74) is 5.41. The minimum atomic E-state index is -0.336. The molecule has 0 spiro atoms. The number of amides is 2. The summed E-state index contributed by atoms with van der Waals surface area (Å²) in [6, 6.07) is 17.1. The van der Waals surface area contributed by atoms with Gasteiger partial charge in [0.2, 0.25) is 0 Å². The molecule has 3 rings (SSSR count). The summed E-state index contributed by atoms with van der Waals surface area (Å²) in [7, 11) is 0. The first-order chi connectivity index (χ1) is 13.5. The van der Waals surface area contributed by atoms with E-state index in [9.17, 15) is 9.59 Å². The number of hydrazone groups is 1. The molecule has 0 unspecified atom stereocenters. The number of rotatable bonds is 5. The predicted octanol–water partition coefficient (Wildman–Crippen LogP) is 4.14. The number of anilines is 1. The topological polar surface area (TPSA) is 83.5 Å². The van der Waals surface area contributed by atoms with E-state index in [0.717, 1.165) is 5.56 Å². The molecule has 28 heavy (non-hydrogen) atoms. The number of aromatic nitrogens is 1. The fourth-order valence-corrected chi connectivity index (χ4v) is 2.51. The van der Waals surface area contributed by atoms with E-state index in [-0.39, 0.29) is 11.8 Å². The van der Waals surface area contributed by atoms with Crippen LogP contribution in [0.2, 0.25) is 5.02 Å². The van der Waals surface area contributed by atoms with E-state index in [1.165, 1.54) is 6.20 Å². The number of benzene rings is 2. The zero-order valence-corrected chi connectivity index (χ0v) is 15.8. The number of pyridine rings is 1. The average molecular weight is 393 g/mol. The minimum absolute atomic E-state index is 0.254. The highest BCUT2D eigenvalue weighted by Gasteiger charge is 2.08. The van der Waals surface area contributed by atoms with E-state index in [1.807, 2.05) is 6.07 Å². The SMILES string of the molecule is C/C(=N/NC(=O)c1ccc(Cl)cc1)c1cccc(NC(=O)c2cccnc2)c1. The van der Waals surface area contributed by atoms with Gasteiger partial charge in [0, 0.05) is 28.7 Å². The molecule has 1 aromatic heterocycles. The van der Waals surface area contributed by atoms with Crippen LogP contribution >= 0.6 is 11.6 Å². The van der Waals surface area contributed by atoms with Crippen LogP contribution in [0.15, 0.2) is 78.2 Å². The lowest BCUT2D eigenvalue weighted by Gasteiger charge is -2.08. The Bertz CT molecular complexity index is 1020. The third kappa shape index (κ3) is 5.02. The standard InChI is InChI=1S/C21H17ClN4O2/c1-14(25-26-21(28)15-7-9-18(22)10-8-15)16-4-2-6-19(12-16)24-20(27)17-5-3-11-23-13-17/h2-13H,1H3,(H,24,27)(H,26,28)/b25-14-. The van der Waals surface area contributed by atoms with Gasteiger partial charge < -0.3 is 5.32 Å². The lowest BCUT2D eigenvalue weighted by molar-refractivity contribution is 0.0954. The fraction of sp³-hybridized carbons (Fsp3) is 0.0476. The van der Waals surface area contributed by atoms with Crippen LogP contribution in [0.4, 0.5) is 5.69 Å². The molecule has 2 amide bonds. The molecule has 0 bridgehead atoms. The van der Waals surface area contributed by atoms with Crippen molar-refractivity contribution in [3.05, 3.63) is 94.8 Å². The summed E-state index contributed by atoms with van der Waals surface area (Å²) in [6.45, 7) is 1.77. The van der Waals surface area contributed by atoms with E-state index >= 15 is 0 Å². The van der Waals surface area contributed by atoms with Gasteiger partial charge in [0.25, 0.3) is 11.8 Å².